The fourth-order valence-electron chi connectivity index (χ4n) is 0.451. The zero-order valence-corrected chi connectivity index (χ0v) is 8.64. The van der Waals surface area contributed by atoms with Crippen molar-refractivity contribution in [3.8, 4) is 0 Å². The molecule has 0 amide bonds. The second-order valence-electron chi connectivity index (χ2n) is 1.94. The van der Waals surface area contributed by atoms with Crippen LogP contribution in [-0.4, -0.2) is 64.5 Å². The van der Waals surface area contributed by atoms with Crippen LogP contribution in [0, 0.1) is 0 Å². The van der Waals surface area contributed by atoms with E-state index in [2.05, 4.69) is 0 Å². The molecule has 0 aliphatic heterocycles. The molecule has 0 unspecified atom stereocenters. The molecule has 0 aliphatic rings. The van der Waals surface area contributed by atoms with Gasteiger partial charge < -0.3 is 34.4 Å². The summed E-state index contributed by atoms with van der Waals surface area (Å²) in [5.41, 5.74) is 0. The molecular weight excluding hydrogens is 215 g/mol. The fourth-order valence-corrected chi connectivity index (χ4v) is 0.451. The van der Waals surface area contributed by atoms with E-state index in [1.54, 1.807) is 0 Å². The zero-order chi connectivity index (χ0) is 11.2. The number of rotatable bonds is 7. The van der Waals surface area contributed by atoms with Crippen molar-refractivity contribution in [2.24, 2.45) is 0 Å². The average molecular weight is 232 g/mol. The number of aliphatic hydroxyl groups excluding tert-OH is 2. The summed E-state index contributed by atoms with van der Waals surface area (Å²) in [7, 11) is -2.62. The van der Waals surface area contributed by atoms with E-state index in [4.69, 9.17) is 34.4 Å². The molecule has 0 aromatic carbocycles. The third kappa shape index (κ3) is 29.5. The van der Waals surface area contributed by atoms with Crippen LogP contribution in [0.4, 0.5) is 0 Å². The van der Waals surface area contributed by atoms with Gasteiger partial charge in [-0.1, -0.05) is 0 Å². The molecule has 0 aliphatic carbocycles. The van der Waals surface area contributed by atoms with Gasteiger partial charge in [0.15, 0.2) is 0 Å². The first-order chi connectivity index (χ1) is 6.65. The Hall–Kier alpha value is 0.150. The molecule has 14 heavy (non-hydrogen) atoms. The van der Waals surface area contributed by atoms with E-state index in [0.717, 1.165) is 0 Å². The van der Waals surface area contributed by atoms with Gasteiger partial charge in [-0.25, -0.2) is 0 Å². The lowest BCUT2D eigenvalue weighted by molar-refractivity contribution is 0.0222. The first kappa shape index (κ1) is 16.6. The smallest absolute Gasteiger partial charge is 0.324 e. The maximum atomic E-state index is 8.26. The van der Waals surface area contributed by atoms with Crippen molar-refractivity contribution < 1.29 is 34.4 Å². The van der Waals surface area contributed by atoms with Gasteiger partial charge in [-0.3, -0.25) is 0 Å². The lowest BCUT2D eigenvalue weighted by Gasteiger charge is -2.01. The second kappa shape index (κ2) is 15.6. The van der Waals surface area contributed by atoms with Gasteiger partial charge in [-0.05, 0) is 0 Å². The molecule has 0 radical (unpaired) electrons. The summed E-state index contributed by atoms with van der Waals surface area (Å²) in [6, 6.07) is 0. The first-order valence-corrected chi connectivity index (χ1v) is 5.09. The van der Waals surface area contributed by atoms with Crippen LogP contribution in [0.3, 0.4) is 0 Å². The summed E-state index contributed by atoms with van der Waals surface area (Å²) in [6.07, 6.45) is 0. The van der Waals surface area contributed by atoms with Crippen LogP contribution in [-0.2, 0) is 9.47 Å². The monoisotopic (exact) mass is 232 g/mol. The Kier molecular flexibility index (Phi) is 18.5. The topological polar surface area (TPSA) is 120 Å². The first-order valence-electron chi connectivity index (χ1n) is 3.89. The SMILES string of the molecule is OCCOCCOCCO.OP(O)O. The van der Waals surface area contributed by atoms with Gasteiger partial charge in [-0.15, -0.1) is 0 Å². The average Bonchev–Trinajstić information content (AvgIpc) is 2.10. The Morgan fingerprint density at radius 3 is 1.21 bits per heavy atom. The van der Waals surface area contributed by atoms with Crippen molar-refractivity contribution in [1.29, 1.82) is 0 Å². The summed E-state index contributed by atoms with van der Waals surface area (Å²) in [6.45, 7) is 1.73. The molecule has 0 saturated heterocycles. The van der Waals surface area contributed by atoms with Gasteiger partial charge in [0.1, 0.15) is 0 Å². The zero-order valence-electron chi connectivity index (χ0n) is 7.74. The molecule has 0 rings (SSSR count). The molecule has 0 fully saturated rings. The minimum Gasteiger partial charge on any atom is -0.394 e. The maximum Gasteiger partial charge on any atom is 0.324 e. The number of ether oxygens (including phenoxy) is 2. The van der Waals surface area contributed by atoms with Crippen LogP contribution in [0.15, 0.2) is 0 Å². The third-order valence-electron chi connectivity index (χ3n) is 0.843. The molecule has 0 spiro atoms. The van der Waals surface area contributed by atoms with Crippen LogP contribution < -0.4 is 0 Å². The molecule has 0 saturated carbocycles. The van der Waals surface area contributed by atoms with Gasteiger partial charge >= 0.3 is 8.60 Å². The molecule has 0 bridgehead atoms. The summed E-state index contributed by atoms with van der Waals surface area (Å²) in [4.78, 5) is 21.7. The number of aliphatic hydroxyl groups is 2. The highest BCUT2D eigenvalue weighted by Crippen LogP contribution is 2.11. The Morgan fingerprint density at radius 2 is 1.00 bits per heavy atom. The Labute approximate surface area is 83.5 Å². The predicted molar refractivity (Wildman–Crippen MR) is 49.4 cm³/mol. The number of hydrogen-bond donors (Lipinski definition) is 5. The van der Waals surface area contributed by atoms with Crippen molar-refractivity contribution in [3.63, 3.8) is 0 Å². The van der Waals surface area contributed by atoms with E-state index in [1.165, 1.54) is 0 Å². The van der Waals surface area contributed by atoms with Crippen molar-refractivity contribution in [1.82, 2.24) is 0 Å². The van der Waals surface area contributed by atoms with E-state index in [0.29, 0.717) is 26.4 Å². The summed E-state index contributed by atoms with van der Waals surface area (Å²) in [5, 5.41) is 16.5. The summed E-state index contributed by atoms with van der Waals surface area (Å²) < 4.78 is 9.75. The van der Waals surface area contributed by atoms with E-state index in [-0.39, 0.29) is 13.2 Å². The van der Waals surface area contributed by atoms with Gasteiger partial charge in [0, 0.05) is 0 Å². The van der Waals surface area contributed by atoms with Crippen LogP contribution in [0.5, 0.6) is 0 Å². The standard InChI is InChI=1S/C6H14O4.H3O3P/c7-1-3-9-5-6-10-4-2-8;1-4(2)3/h7-8H,1-6H2;1-3H. The largest absolute Gasteiger partial charge is 0.394 e. The highest BCUT2D eigenvalue weighted by Gasteiger charge is 1.86. The Morgan fingerprint density at radius 1 is 0.714 bits per heavy atom. The fraction of sp³-hybridized carbons (Fsp3) is 1.00. The van der Waals surface area contributed by atoms with Gasteiger partial charge in [0.2, 0.25) is 0 Å². The van der Waals surface area contributed by atoms with Crippen molar-refractivity contribution in [2.75, 3.05) is 39.6 Å². The molecule has 0 atom stereocenters. The highest BCUT2D eigenvalue weighted by molar-refractivity contribution is 7.38. The van der Waals surface area contributed by atoms with Crippen LogP contribution >= 0.6 is 8.60 Å². The van der Waals surface area contributed by atoms with Gasteiger partial charge in [0.25, 0.3) is 0 Å². The van der Waals surface area contributed by atoms with E-state index >= 15 is 0 Å². The van der Waals surface area contributed by atoms with Crippen LogP contribution in [0.2, 0.25) is 0 Å². The number of hydrogen-bond acceptors (Lipinski definition) is 7. The predicted octanol–water partition coefficient (Wildman–Crippen LogP) is -1.81. The van der Waals surface area contributed by atoms with Crippen molar-refractivity contribution >= 4 is 8.60 Å². The maximum absolute atomic E-state index is 8.26. The lowest BCUT2D eigenvalue weighted by Crippen LogP contribution is -2.09. The highest BCUT2D eigenvalue weighted by atomic mass is 31.2. The van der Waals surface area contributed by atoms with Crippen molar-refractivity contribution in [3.05, 3.63) is 0 Å². The quantitative estimate of drug-likeness (QED) is 0.259. The summed E-state index contributed by atoms with van der Waals surface area (Å²) >= 11 is 0. The lowest BCUT2D eigenvalue weighted by atomic mass is 10.7. The van der Waals surface area contributed by atoms with Crippen LogP contribution in [0.1, 0.15) is 0 Å². The molecular formula is C6H17O7P. The van der Waals surface area contributed by atoms with Crippen LogP contribution in [0.25, 0.3) is 0 Å². The molecule has 88 valence electrons. The minimum absolute atomic E-state index is 0.0417. The third-order valence-corrected chi connectivity index (χ3v) is 0.843. The van der Waals surface area contributed by atoms with Crippen molar-refractivity contribution in [2.45, 2.75) is 0 Å². The van der Waals surface area contributed by atoms with E-state index < -0.39 is 8.60 Å². The molecule has 5 N–H and O–H groups in total. The van der Waals surface area contributed by atoms with E-state index in [9.17, 15) is 0 Å². The Bertz CT molecular complexity index is 81.5. The van der Waals surface area contributed by atoms with Gasteiger partial charge in [0.05, 0.1) is 39.6 Å². The summed E-state index contributed by atoms with van der Waals surface area (Å²) in [5.74, 6) is 0. The Balaban J connectivity index is 0. The molecule has 0 aromatic rings. The second-order valence-corrected chi connectivity index (χ2v) is 2.48. The normalized spacial score (nSPS) is 9.86. The molecule has 8 heteroatoms. The minimum atomic E-state index is -2.62. The molecule has 0 aromatic heterocycles. The molecule has 7 nitrogen and oxygen atoms in total. The van der Waals surface area contributed by atoms with E-state index in [1.807, 2.05) is 0 Å². The molecule has 0 heterocycles. The van der Waals surface area contributed by atoms with Gasteiger partial charge in [-0.2, -0.15) is 0 Å².